The number of ether oxygens (including phenoxy) is 1. The molecule has 2 aromatic rings. The van der Waals surface area contributed by atoms with Crippen LogP contribution in [0.15, 0.2) is 42.6 Å². The van der Waals surface area contributed by atoms with Gasteiger partial charge in [-0.3, -0.25) is 0 Å². The van der Waals surface area contributed by atoms with E-state index in [-0.39, 0.29) is 0 Å². The average Bonchev–Trinajstić information content (AvgIpc) is 2.40. The number of nitrogens with one attached hydrogen (secondary N) is 2. The van der Waals surface area contributed by atoms with Crippen LogP contribution in [0.5, 0.6) is 5.75 Å². The van der Waals surface area contributed by atoms with Gasteiger partial charge in [-0.25, -0.2) is 4.98 Å². The summed E-state index contributed by atoms with van der Waals surface area (Å²) < 4.78 is 5.29. The molecule has 0 fully saturated rings. The van der Waals surface area contributed by atoms with Gasteiger partial charge in [0, 0.05) is 6.20 Å². The summed E-state index contributed by atoms with van der Waals surface area (Å²) in [7, 11) is 1.63. The molecule has 2 N–H and O–H groups in total. The van der Waals surface area contributed by atoms with Gasteiger partial charge in [0.15, 0.2) is 5.11 Å². The summed E-state index contributed by atoms with van der Waals surface area (Å²) in [6.45, 7) is 2.01. The SMILES string of the molecule is COc1ccc(C)cc1NC(=S)Nc1ccccn1. The largest absolute Gasteiger partial charge is 0.495 e. The summed E-state index contributed by atoms with van der Waals surface area (Å²) in [6, 6.07) is 11.5. The van der Waals surface area contributed by atoms with E-state index in [1.807, 2.05) is 43.3 Å². The van der Waals surface area contributed by atoms with E-state index in [1.54, 1.807) is 13.3 Å². The summed E-state index contributed by atoms with van der Waals surface area (Å²) in [4.78, 5) is 4.15. The number of pyridine rings is 1. The number of thiocarbonyl (C=S) groups is 1. The number of aryl methyl sites for hydroxylation is 1. The second kappa shape index (κ2) is 6.15. The van der Waals surface area contributed by atoms with Crippen molar-refractivity contribution in [1.29, 1.82) is 0 Å². The summed E-state index contributed by atoms with van der Waals surface area (Å²) in [5, 5.41) is 6.60. The van der Waals surface area contributed by atoms with Crippen molar-refractivity contribution in [2.75, 3.05) is 17.7 Å². The van der Waals surface area contributed by atoms with Crippen LogP contribution in [0.2, 0.25) is 0 Å². The zero-order valence-corrected chi connectivity index (χ0v) is 11.6. The Morgan fingerprint density at radius 3 is 2.74 bits per heavy atom. The minimum atomic E-state index is 0.475. The number of hydrogen-bond donors (Lipinski definition) is 2. The monoisotopic (exact) mass is 273 g/mol. The number of nitrogens with zero attached hydrogens (tertiary/aromatic N) is 1. The molecule has 19 heavy (non-hydrogen) atoms. The molecule has 1 aromatic carbocycles. The van der Waals surface area contributed by atoms with Crippen molar-refractivity contribution in [3.8, 4) is 5.75 Å². The smallest absolute Gasteiger partial charge is 0.176 e. The summed E-state index contributed by atoms with van der Waals surface area (Å²) in [6.07, 6.45) is 1.71. The molecule has 0 saturated heterocycles. The van der Waals surface area contributed by atoms with Crippen LogP contribution in [-0.4, -0.2) is 17.2 Å². The molecule has 0 atom stereocenters. The van der Waals surface area contributed by atoms with Crippen LogP contribution in [0, 0.1) is 6.92 Å². The Bertz CT molecular complexity index is 572. The molecule has 1 heterocycles. The molecule has 0 radical (unpaired) electrons. The molecule has 0 aliphatic heterocycles. The lowest BCUT2D eigenvalue weighted by atomic mass is 10.2. The summed E-state index contributed by atoms with van der Waals surface area (Å²) >= 11 is 5.25. The molecule has 0 amide bonds. The average molecular weight is 273 g/mol. The second-order valence-electron chi connectivity index (χ2n) is 4.00. The van der Waals surface area contributed by atoms with Crippen LogP contribution in [-0.2, 0) is 0 Å². The van der Waals surface area contributed by atoms with Gasteiger partial charge >= 0.3 is 0 Å². The maximum Gasteiger partial charge on any atom is 0.176 e. The van der Waals surface area contributed by atoms with Crippen molar-refractivity contribution in [2.45, 2.75) is 6.92 Å². The topological polar surface area (TPSA) is 46.2 Å². The van der Waals surface area contributed by atoms with Gasteiger partial charge in [0.25, 0.3) is 0 Å². The fraction of sp³-hybridized carbons (Fsp3) is 0.143. The zero-order valence-electron chi connectivity index (χ0n) is 10.8. The van der Waals surface area contributed by atoms with Crippen LogP contribution in [0.25, 0.3) is 0 Å². The maximum absolute atomic E-state index is 5.29. The van der Waals surface area contributed by atoms with Crippen LogP contribution in [0.4, 0.5) is 11.5 Å². The van der Waals surface area contributed by atoms with Gasteiger partial charge in [-0.15, -0.1) is 0 Å². The molecular formula is C14H15N3OS. The lowest BCUT2D eigenvalue weighted by Gasteiger charge is -2.13. The van der Waals surface area contributed by atoms with E-state index in [0.717, 1.165) is 17.0 Å². The predicted molar refractivity (Wildman–Crippen MR) is 81.8 cm³/mol. The number of aromatic nitrogens is 1. The molecule has 1 aromatic heterocycles. The maximum atomic E-state index is 5.29. The summed E-state index contributed by atoms with van der Waals surface area (Å²) in [5.41, 5.74) is 1.96. The minimum Gasteiger partial charge on any atom is -0.495 e. The van der Waals surface area contributed by atoms with Crippen LogP contribution in [0.1, 0.15) is 5.56 Å². The highest BCUT2D eigenvalue weighted by molar-refractivity contribution is 7.80. The minimum absolute atomic E-state index is 0.475. The van der Waals surface area contributed by atoms with E-state index in [1.165, 1.54) is 0 Å². The van der Waals surface area contributed by atoms with Gasteiger partial charge in [0.1, 0.15) is 11.6 Å². The fourth-order valence-electron chi connectivity index (χ4n) is 1.63. The molecule has 0 bridgehead atoms. The first-order valence-corrected chi connectivity index (χ1v) is 6.23. The normalized spacial score (nSPS) is 9.79. The third-order valence-electron chi connectivity index (χ3n) is 2.51. The Morgan fingerprint density at radius 1 is 1.21 bits per heavy atom. The first kappa shape index (κ1) is 13.3. The summed E-state index contributed by atoms with van der Waals surface area (Å²) in [5.74, 6) is 1.45. The Labute approximate surface area is 117 Å². The second-order valence-corrected chi connectivity index (χ2v) is 4.41. The first-order chi connectivity index (χ1) is 9.19. The van der Waals surface area contributed by atoms with E-state index < -0.39 is 0 Å². The number of hydrogen-bond acceptors (Lipinski definition) is 3. The molecule has 0 spiro atoms. The molecule has 4 nitrogen and oxygen atoms in total. The lowest BCUT2D eigenvalue weighted by Crippen LogP contribution is -2.20. The van der Waals surface area contributed by atoms with E-state index in [0.29, 0.717) is 10.9 Å². The molecule has 0 aliphatic rings. The van der Waals surface area contributed by atoms with Crippen LogP contribution < -0.4 is 15.4 Å². The molecule has 0 saturated carbocycles. The Balaban J connectivity index is 2.09. The van der Waals surface area contributed by atoms with Gasteiger partial charge in [0.2, 0.25) is 0 Å². The molecule has 0 aliphatic carbocycles. The highest BCUT2D eigenvalue weighted by Gasteiger charge is 2.05. The van der Waals surface area contributed by atoms with E-state index in [9.17, 15) is 0 Å². The molecule has 2 rings (SSSR count). The van der Waals surface area contributed by atoms with Gasteiger partial charge < -0.3 is 15.4 Å². The van der Waals surface area contributed by atoms with Crippen molar-refractivity contribution in [2.24, 2.45) is 0 Å². The van der Waals surface area contributed by atoms with Crippen LogP contribution >= 0.6 is 12.2 Å². The lowest BCUT2D eigenvalue weighted by molar-refractivity contribution is 0.417. The van der Waals surface area contributed by atoms with Crippen molar-refractivity contribution < 1.29 is 4.74 Å². The standard InChI is InChI=1S/C14H15N3OS/c1-10-6-7-12(18-2)11(9-10)16-14(19)17-13-5-3-4-8-15-13/h3-9H,1-2H3,(H2,15,16,17,19). The quantitative estimate of drug-likeness (QED) is 0.841. The molecule has 98 valence electrons. The van der Waals surface area contributed by atoms with Gasteiger partial charge in [0.05, 0.1) is 12.8 Å². The first-order valence-electron chi connectivity index (χ1n) is 5.83. The van der Waals surface area contributed by atoms with Crippen molar-refractivity contribution in [3.05, 3.63) is 48.2 Å². The number of benzene rings is 1. The predicted octanol–water partition coefficient (Wildman–Crippen LogP) is 3.21. The zero-order chi connectivity index (χ0) is 13.7. The van der Waals surface area contributed by atoms with E-state index >= 15 is 0 Å². The molecule has 5 heteroatoms. The van der Waals surface area contributed by atoms with Crippen molar-refractivity contribution >= 4 is 28.8 Å². The highest BCUT2D eigenvalue weighted by Crippen LogP contribution is 2.25. The molecule has 0 unspecified atom stereocenters. The van der Waals surface area contributed by atoms with E-state index in [4.69, 9.17) is 17.0 Å². The van der Waals surface area contributed by atoms with E-state index in [2.05, 4.69) is 15.6 Å². The Kier molecular flexibility index (Phi) is 4.30. The molecular weight excluding hydrogens is 258 g/mol. The Morgan fingerprint density at radius 2 is 2.05 bits per heavy atom. The van der Waals surface area contributed by atoms with Crippen molar-refractivity contribution in [1.82, 2.24) is 4.98 Å². The number of anilines is 2. The fourth-order valence-corrected chi connectivity index (χ4v) is 1.84. The van der Waals surface area contributed by atoms with Gasteiger partial charge in [-0.05, 0) is 49.0 Å². The Hall–Kier alpha value is -2.14. The number of rotatable bonds is 3. The van der Waals surface area contributed by atoms with Gasteiger partial charge in [-0.2, -0.15) is 0 Å². The van der Waals surface area contributed by atoms with Crippen LogP contribution in [0.3, 0.4) is 0 Å². The van der Waals surface area contributed by atoms with Gasteiger partial charge in [-0.1, -0.05) is 12.1 Å². The number of methoxy groups -OCH3 is 1. The van der Waals surface area contributed by atoms with Crippen molar-refractivity contribution in [3.63, 3.8) is 0 Å². The highest BCUT2D eigenvalue weighted by atomic mass is 32.1. The third-order valence-corrected chi connectivity index (χ3v) is 2.71. The third kappa shape index (κ3) is 3.66.